The lowest BCUT2D eigenvalue weighted by Gasteiger charge is -2.42. The summed E-state index contributed by atoms with van der Waals surface area (Å²) in [7, 11) is 1.61. The molecule has 2 saturated heterocycles. The van der Waals surface area contributed by atoms with Gasteiger partial charge >= 0.3 is 0 Å². The molecule has 2 aliphatic heterocycles. The molecule has 0 spiro atoms. The highest BCUT2D eigenvalue weighted by Gasteiger charge is 2.54. The fourth-order valence-electron chi connectivity index (χ4n) is 5.14. The van der Waals surface area contributed by atoms with Crippen LogP contribution in [0, 0.1) is 0 Å². The van der Waals surface area contributed by atoms with Crippen LogP contribution in [-0.4, -0.2) is 71.3 Å². The zero-order chi connectivity index (χ0) is 19.0. The van der Waals surface area contributed by atoms with Crippen LogP contribution >= 0.6 is 7.59 Å². The minimum Gasteiger partial charge on any atom is -0.297 e. The van der Waals surface area contributed by atoms with Crippen molar-refractivity contribution in [2.24, 2.45) is 0 Å². The van der Waals surface area contributed by atoms with E-state index in [1.165, 1.54) is 31.2 Å². The van der Waals surface area contributed by atoms with Gasteiger partial charge in [0.1, 0.15) is 0 Å². The van der Waals surface area contributed by atoms with Crippen LogP contribution in [0.15, 0.2) is 30.8 Å². The Balaban J connectivity index is 1.39. The number of nitrogens with zero attached hydrogens (tertiary/aromatic N) is 4. The molecule has 3 aliphatic rings. The highest BCUT2D eigenvalue weighted by atomic mass is 31.2. The Morgan fingerprint density at radius 2 is 1.56 bits per heavy atom. The van der Waals surface area contributed by atoms with Crippen molar-refractivity contribution in [1.82, 2.24) is 18.9 Å². The molecule has 2 atom stereocenters. The molecule has 0 N–H and O–H groups in total. The monoisotopic (exact) mass is 388 g/mol. The summed E-state index contributed by atoms with van der Waals surface area (Å²) in [6.45, 7) is 8.51. The van der Waals surface area contributed by atoms with Crippen LogP contribution in [-0.2, 0) is 11.1 Å². The van der Waals surface area contributed by atoms with E-state index in [0.717, 1.165) is 38.3 Å². The van der Waals surface area contributed by atoms with Gasteiger partial charge in [0, 0.05) is 44.8 Å². The molecule has 0 radical (unpaired) electrons. The number of piperazine rings is 1. The van der Waals surface area contributed by atoms with Crippen LogP contribution < -0.4 is 0 Å². The fourth-order valence-corrected chi connectivity index (χ4v) is 8.40. The highest BCUT2D eigenvalue weighted by Crippen LogP contribution is 2.64. The average molecular weight is 388 g/mol. The number of likely N-dealkylation sites (N-methyl/N-ethyl adjacent to an activating group) is 2. The molecule has 6 heteroatoms. The van der Waals surface area contributed by atoms with Crippen molar-refractivity contribution in [3.8, 4) is 0 Å². The summed E-state index contributed by atoms with van der Waals surface area (Å²) in [4.78, 5) is 2.48. The Bertz CT molecular complexity index is 691. The van der Waals surface area contributed by atoms with E-state index >= 15 is 0 Å². The maximum absolute atomic E-state index is 14.1. The second-order valence-electron chi connectivity index (χ2n) is 8.26. The lowest BCUT2D eigenvalue weighted by molar-refractivity contribution is 0.170. The number of rotatable bonds is 4. The van der Waals surface area contributed by atoms with Gasteiger partial charge in [-0.05, 0) is 38.1 Å². The Labute approximate surface area is 164 Å². The summed E-state index contributed by atoms with van der Waals surface area (Å²) in [6.07, 6.45) is 6.81. The second kappa shape index (κ2) is 7.81. The van der Waals surface area contributed by atoms with Crippen LogP contribution in [0.5, 0.6) is 0 Å². The Kier molecular flexibility index (Phi) is 5.59. The van der Waals surface area contributed by atoms with Gasteiger partial charge in [0.2, 0.25) is 0 Å². The Hall–Kier alpha value is -0.970. The second-order valence-corrected chi connectivity index (χ2v) is 11.1. The molecule has 0 bridgehead atoms. The lowest BCUT2D eigenvalue weighted by atomic mass is 9.91. The summed E-state index contributed by atoms with van der Waals surface area (Å²) < 4.78 is 20.8. The van der Waals surface area contributed by atoms with Crippen LogP contribution in [0.3, 0.4) is 0 Å². The minimum atomic E-state index is -2.59. The molecule has 0 unspecified atom stereocenters. The zero-order valence-electron chi connectivity index (χ0n) is 16.8. The first-order valence-electron chi connectivity index (χ1n) is 10.3. The van der Waals surface area contributed by atoms with Crippen LogP contribution in [0.25, 0.3) is 6.08 Å². The van der Waals surface area contributed by atoms with E-state index in [2.05, 4.69) is 63.9 Å². The van der Waals surface area contributed by atoms with Gasteiger partial charge in [0.25, 0.3) is 7.59 Å². The maximum atomic E-state index is 14.1. The van der Waals surface area contributed by atoms with E-state index in [9.17, 15) is 4.57 Å². The smallest absolute Gasteiger partial charge is 0.287 e. The van der Waals surface area contributed by atoms with Crippen molar-refractivity contribution >= 4 is 13.7 Å². The lowest BCUT2D eigenvalue weighted by Crippen LogP contribution is -2.47. The van der Waals surface area contributed by atoms with Crippen molar-refractivity contribution < 1.29 is 4.57 Å². The van der Waals surface area contributed by atoms with Gasteiger partial charge in [-0.15, -0.1) is 0 Å². The largest absolute Gasteiger partial charge is 0.297 e. The molecule has 1 saturated carbocycles. The van der Waals surface area contributed by atoms with Gasteiger partial charge in [-0.25, -0.2) is 14.0 Å². The molecule has 2 heterocycles. The summed E-state index contributed by atoms with van der Waals surface area (Å²) in [5.41, 5.74) is 2.50. The standard InChI is InChI=1S/C21H33N4OP/c1-4-18-9-11-19(12-10-18)17-24-13-15-25(16-14-24)27(26)22(2)20-7-5-6-8-21(20)23(27)3/h4,9-12,20-21H,1,5-8,13-17H2,2-3H3/t20-,21-/m1/s1. The van der Waals surface area contributed by atoms with Gasteiger partial charge in [0.05, 0.1) is 0 Å². The van der Waals surface area contributed by atoms with Gasteiger partial charge in [-0.1, -0.05) is 49.8 Å². The van der Waals surface area contributed by atoms with Crippen LogP contribution in [0.2, 0.25) is 0 Å². The minimum absolute atomic E-state index is 0.469. The molecule has 3 fully saturated rings. The summed E-state index contributed by atoms with van der Waals surface area (Å²) in [5.74, 6) is 0. The van der Waals surface area contributed by atoms with Gasteiger partial charge < -0.3 is 0 Å². The highest BCUT2D eigenvalue weighted by molar-refractivity contribution is 7.56. The molecule has 0 amide bonds. The molecule has 1 aromatic rings. The normalized spacial score (nSPS) is 30.3. The molecular formula is C21H33N4OP. The van der Waals surface area contributed by atoms with Crippen LogP contribution in [0.4, 0.5) is 0 Å². The Morgan fingerprint density at radius 3 is 2.07 bits per heavy atom. The molecular weight excluding hydrogens is 355 g/mol. The molecule has 0 aromatic heterocycles. The average Bonchev–Trinajstić information content (AvgIpc) is 2.92. The van der Waals surface area contributed by atoms with Gasteiger partial charge in [0.15, 0.2) is 0 Å². The predicted octanol–water partition coefficient (Wildman–Crippen LogP) is 3.74. The molecule has 5 nitrogen and oxygen atoms in total. The van der Waals surface area contributed by atoms with E-state index < -0.39 is 7.59 Å². The summed E-state index contributed by atoms with van der Waals surface area (Å²) >= 11 is 0. The summed E-state index contributed by atoms with van der Waals surface area (Å²) in [5, 5.41) is 0. The molecule has 4 rings (SSSR count). The van der Waals surface area contributed by atoms with Gasteiger partial charge in [-0.3, -0.25) is 9.46 Å². The first-order chi connectivity index (χ1) is 13.0. The van der Waals surface area contributed by atoms with E-state index in [-0.39, 0.29) is 0 Å². The molecule has 148 valence electrons. The number of hydrogen-bond acceptors (Lipinski definition) is 2. The number of hydrogen-bond donors (Lipinski definition) is 0. The van der Waals surface area contributed by atoms with Crippen molar-refractivity contribution in [3.05, 3.63) is 42.0 Å². The third-order valence-electron chi connectivity index (χ3n) is 6.81. The third-order valence-corrected chi connectivity index (χ3v) is 10.2. The van der Waals surface area contributed by atoms with E-state index in [0.29, 0.717) is 12.1 Å². The van der Waals surface area contributed by atoms with Crippen molar-refractivity contribution in [3.63, 3.8) is 0 Å². The topological polar surface area (TPSA) is 30.0 Å². The molecule has 1 aliphatic carbocycles. The molecule has 27 heavy (non-hydrogen) atoms. The van der Waals surface area contributed by atoms with E-state index in [1.54, 1.807) is 0 Å². The zero-order valence-corrected chi connectivity index (χ0v) is 17.7. The number of benzene rings is 1. The van der Waals surface area contributed by atoms with Crippen molar-refractivity contribution in [1.29, 1.82) is 0 Å². The fraction of sp³-hybridized carbons (Fsp3) is 0.619. The third kappa shape index (κ3) is 3.45. The predicted molar refractivity (Wildman–Crippen MR) is 113 cm³/mol. The Morgan fingerprint density at radius 1 is 1.00 bits per heavy atom. The quantitative estimate of drug-likeness (QED) is 0.733. The van der Waals surface area contributed by atoms with Crippen molar-refractivity contribution in [2.75, 3.05) is 40.3 Å². The van der Waals surface area contributed by atoms with Crippen LogP contribution in [0.1, 0.15) is 36.8 Å². The summed E-state index contributed by atoms with van der Waals surface area (Å²) in [6, 6.07) is 9.57. The first-order valence-corrected chi connectivity index (χ1v) is 11.9. The SMILES string of the molecule is C=Cc1ccc(CN2CCN(P3(=O)N(C)[C@@H]4CCCC[C@H]4N3C)CC2)cc1. The molecule has 1 aromatic carbocycles. The van der Waals surface area contributed by atoms with E-state index in [1.807, 2.05) is 6.08 Å². The van der Waals surface area contributed by atoms with Gasteiger partial charge in [-0.2, -0.15) is 0 Å². The van der Waals surface area contributed by atoms with E-state index in [4.69, 9.17) is 0 Å². The maximum Gasteiger partial charge on any atom is 0.287 e. The van der Waals surface area contributed by atoms with Crippen molar-refractivity contribution in [2.45, 2.75) is 44.3 Å². The first kappa shape index (κ1) is 19.4. The number of fused-ring (bicyclic) bond motifs is 1.